The first-order valence-corrected chi connectivity index (χ1v) is 5.19. The Balaban J connectivity index is 2.45. The number of para-hydroxylation sites is 1. The number of hydrazine groups is 1. The van der Waals surface area contributed by atoms with Gasteiger partial charge in [0, 0.05) is 12.5 Å². The van der Waals surface area contributed by atoms with Crippen molar-refractivity contribution in [3.63, 3.8) is 0 Å². The number of carbonyl (C=O) groups excluding carboxylic acids is 1. The molecule has 90 valence electrons. The SMILES string of the molecule is COCC(C(=O)NN)n1ncc2ccccc21. The lowest BCUT2D eigenvalue weighted by Gasteiger charge is -2.15. The second kappa shape index (κ2) is 4.94. The second-order valence-corrected chi connectivity index (χ2v) is 3.63. The van der Waals surface area contributed by atoms with Crippen molar-refractivity contribution in [2.24, 2.45) is 5.84 Å². The van der Waals surface area contributed by atoms with E-state index in [1.165, 1.54) is 7.11 Å². The summed E-state index contributed by atoms with van der Waals surface area (Å²) in [6, 6.07) is 7.08. The van der Waals surface area contributed by atoms with Gasteiger partial charge in [-0.1, -0.05) is 18.2 Å². The maximum Gasteiger partial charge on any atom is 0.261 e. The van der Waals surface area contributed by atoms with Gasteiger partial charge in [0.25, 0.3) is 5.91 Å². The number of hydrogen-bond acceptors (Lipinski definition) is 4. The Kier molecular flexibility index (Phi) is 3.36. The average Bonchev–Trinajstić information content (AvgIpc) is 2.79. The number of methoxy groups -OCH3 is 1. The predicted molar refractivity (Wildman–Crippen MR) is 63.0 cm³/mol. The quantitative estimate of drug-likeness (QED) is 0.450. The summed E-state index contributed by atoms with van der Waals surface area (Å²) in [6.45, 7) is 0.217. The van der Waals surface area contributed by atoms with E-state index >= 15 is 0 Å². The van der Waals surface area contributed by atoms with Crippen molar-refractivity contribution in [2.45, 2.75) is 6.04 Å². The second-order valence-electron chi connectivity index (χ2n) is 3.63. The van der Waals surface area contributed by atoms with Crippen LogP contribution >= 0.6 is 0 Å². The summed E-state index contributed by atoms with van der Waals surface area (Å²) >= 11 is 0. The number of nitrogens with one attached hydrogen (secondary N) is 1. The summed E-state index contributed by atoms with van der Waals surface area (Å²) in [4.78, 5) is 11.7. The van der Waals surface area contributed by atoms with E-state index in [0.717, 1.165) is 10.9 Å². The highest BCUT2D eigenvalue weighted by atomic mass is 16.5. The molecule has 0 radical (unpaired) electrons. The Bertz CT molecular complexity index is 523. The minimum atomic E-state index is -0.565. The molecule has 0 aliphatic carbocycles. The van der Waals surface area contributed by atoms with Crippen LogP contribution in [0.4, 0.5) is 0 Å². The molecule has 1 unspecified atom stereocenters. The number of carbonyl (C=O) groups is 1. The molecule has 6 heteroatoms. The Morgan fingerprint density at radius 1 is 1.59 bits per heavy atom. The van der Waals surface area contributed by atoms with Gasteiger partial charge in [-0.15, -0.1) is 0 Å². The van der Waals surface area contributed by atoms with Gasteiger partial charge in [-0.3, -0.25) is 10.2 Å². The third-order valence-electron chi connectivity index (χ3n) is 2.57. The first-order valence-electron chi connectivity index (χ1n) is 5.19. The van der Waals surface area contributed by atoms with E-state index in [1.807, 2.05) is 24.3 Å². The summed E-state index contributed by atoms with van der Waals surface area (Å²) in [7, 11) is 1.53. The zero-order valence-electron chi connectivity index (χ0n) is 9.46. The van der Waals surface area contributed by atoms with Crippen LogP contribution in [0.2, 0.25) is 0 Å². The van der Waals surface area contributed by atoms with Crippen LogP contribution in [-0.2, 0) is 9.53 Å². The van der Waals surface area contributed by atoms with Gasteiger partial charge >= 0.3 is 0 Å². The third-order valence-corrected chi connectivity index (χ3v) is 2.57. The molecule has 1 aromatic heterocycles. The van der Waals surface area contributed by atoms with E-state index < -0.39 is 6.04 Å². The van der Waals surface area contributed by atoms with Crippen LogP contribution in [0.15, 0.2) is 30.5 Å². The molecular weight excluding hydrogens is 220 g/mol. The van der Waals surface area contributed by atoms with Gasteiger partial charge in [-0.25, -0.2) is 10.5 Å². The first kappa shape index (κ1) is 11.6. The Morgan fingerprint density at radius 3 is 3.06 bits per heavy atom. The van der Waals surface area contributed by atoms with E-state index in [1.54, 1.807) is 10.9 Å². The van der Waals surface area contributed by atoms with Crippen molar-refractivity contribution in [3.8, 4) is 0 Å². The van der Waals surface area contributed by atoms with Crippen LogP contribution in [0.5, 0.6) is 0 Å². The lowest BCUT2D eigenvalue weighted by atomic mass is 10.2. The van der Waals surface area contributed by atoms with Gasteiger partial charge in [0.15, 0.2) is 6.04 Å². The molecule has 0 bridgehead atoms. The molecule has 2 rings (SSSR count). The van der Waals surface area contributed by atoms with Gasteiger partial charge in [0.05, 0.1) is 18.3 Å². The number of amides is 1. The molecule has 1 aromatic carbocycles. The van der Waals surface area contributed by atoms with Crippen LogP contribution in [0.1, 0.15) is 6.04 Å². The Hall–Kier alpha value is -1.92. The number of benzene rings is 1. The van der Waals surface area contributed by atoms with E-state index in [2.05, 4.69) is 10.5 Å². The molecule has 0 fully saturated rings. The maximum absolute atomic E-state index is 11.7. The molecule has 1 heterocycles. The number of hydrogen-bond donors (Lipinski definition) is 2. The van der Waals surface area contributed by atoms with E-state index in [-0.39, 0.29) is 12.5 Å². The van der Waals surface area contributed by atoms with Gasteiger partial charge in [-0.05, 0) is 6.07 Å². The fourth-order valence-electron chi connectivity index (χ4n) is 1.75. The minimum absolute atomic E-state index is 0.217. The van der Waals surface area contributed by atoms with Gasteiger partial charge < -0.3 is 4.74 Å². The van der Waals surface area contributed by atoms with Crippen molar-refractivity contribution in [3.05, 3.63) is 30.5 Å². The molecular formula is C11H14N4O2. The van der Waals surface area contributed by atoms with Crippen LogP contribution in [0, 0.1) is 0 Å². The highest BCUT2D eigenvalue weighted by Gasteiger charge is 2.21. The molecule has 6 nitrogen and oxygen atoms in total. The summed E-state index contributed by atoms with van der Waals surface area (Å²) in [6.07, 6.45) is 1.71. The fraction of sp³-hybridized carbons (Fsp3) is 0.273. The lowest BCUT2D eigenvalue weighted by molar-refractivity contribution is -0.126. The molecule has 1 amide bonds. The van der Waals surface area contributed by atoms with Crippen LogP contribution in [0.25, 0.3) is 10.9 Å². The Morgan fingerprint density at radius 2 is 2.35 bits per heavy atom. The molecule has 0 saturated heterocycles. The number of rotatable bonds is 4. The zero-order chi connectivity index (χ0) is 12.3. The summed E-state index contributed by atoms with van der Waals surface area (Å²) < 4.78 is 6.63. The largest absolute Gasteiger partial charge is 0.382 e. The molecule has 3 N–H and O–H groups in total. The highest BCUT2D eigenvalue weighted by molar-refractivity contribution is 5.84. The normalized spacial score (nSPS) is 12.6. The smallest absolute Gasteiger partial charge is 0.261 e. The fourth-order valence-corrected chi connectivity index (χ4v) is 1.75. The van der Waals surface area contributed by atoms with Crippen molar-refractivity contribution in [1.29, 1.82) is 0 Å². The highest BCUT2D eigenvalue weighted by Crippen LogP contribution is 2.17. The molecule has 0 aliphatic heterocycles. The minimum Gasteiger partial charge on any atom is -0.382 e. The molecule has 17 heavy (non-hydrogen) atoms. The standard InChI is InChI=1S/C11H14N4O2/c1-17-7-10(11(16)14-12)15-9-5-3-2-4-8(9)6-13-15/h2-6,10H,7,12H2,1H3,(H,14,16). The summed E-state index contributed by atoms with van der Waals surface area (Å²) in [5, 5.41) is 5.17. The molecule has 0 spiro atoms. The lowest BCUT2D eigenvalue weighted by Crippen LogP contribution is -2.39. The van der Waals surface area contributed by atoms with Gasteiger partial charge in [0.2, 0.25) is 0 Å². The average molecular weight is 234 g/mol. The van der Waals surface area contributed by atoms with Gasteiger partial charge in [-0.2, -0.15) is 5.10 Å². The van der Waals surface area contributed by atoms with Crippen molar-refractivity contribution >= 4 is 16.8 Å². The number of fused-ring (bicyclic) bond motifs is 1. The van der Waals surface area contributed by atoms with Crippen molar-refractivity contribution in [2.75, 3.05) is 13.7 Å². The Labute approximate surface area is 98.3 Å². The summed E-state index contributed by atoms with van der Waals surface area (Å²) in [5.41, 5.74) is 3.00. The zero-order valence-corrected chi connectivity index (χ0v) is 9.46. The third kappa shape index (κ3) is 2.13. The van der Waals surface area contributed by atoms with Crippen molar-refractivity contribution in [1.82, 2.24) is 15.2 Å². The van der Waals surface area contributed by atoms with Crippen LogP contribution in [-0.4, -0.2) is 29.4 Å². The number of nitrogens with zero attached hydrogens (tertiary/aromatic N) is 2. The molecule has 2 aromatic rings. The predicted octanol–water partition coefficient (Wildman–Crippen LogP) is 0.214. The molecule has 1 atom stereocenters. The van der Waals surface area contributed by atoms with E-state index in [4.69, 9.17) is 10.6 Å². The topological polar surface area (TPSA) is 82.2 Å². The first-order chi connectivity index (χ1) is 8.27. The van der Waals surface area contributed by atoms with E-state index in [9.17, 15) is 4.79 Å². The number of ether oxygens (including phenoxy) is 1. The maximum atomic E-state index is 11.7. The van der Waals surface area contributed by atoms with Gasteiger partial charge in [0.1, 0.15) is 0 Å². The number of nitrogens with two attached hydrogens (primary N) is 1. The monoisotopic (exact) mass is 234 g/mol. The molecule has 0 aliphatic rings. The number of aromatic nitrogens is 2. The molecule has 0 saturated carbocycles. The van der Waals surface area contributed by atoms with Crippen molar-refractivity contribution < 1.29 is 9.53 Å². The van der Waals surface area contributed by atoms with Crippen LogP contribution < -0.4 is 11.3 Å². The van der Waals surface area contributed by atoms with Crippen LogP contribution in [0.3, 0.4) is 0 Å². The van der Waals surface area contributed by atoms with E-state index in [0.29, 0.717) is 0 Å². The summed E-state index contributed by atoms with van der Waals surface area (Å²) in [5.74, 6) is 4.82.